The first-order valence-corrected chi connectivity index (χ1v) is 4.30. The summed E-state index contributed by atoms with van der Waals surface area (Å²) >= 11 is 0. The number of nitro groups is 1. The van der Waals surface area contributed by atoms with E-state index < -0.39 is 4.92 Å². The van der Waals surface area contributed by atoms with E-state index in [-0.39, 0.29) is 12.2 Å². The third kappa shape index (κ3) is 1.42. The minimum absolute atomic E-state index is 0.0485. The number of benzene rings is 1. The molecule has 0 spiro atoms. The number of hydrogen-bond acceptors (Lipinski definition) is 2. The number of rotatable bonds is 2. The van der Waals surface area contributed by atoms with E-state index in [0.29, 0.717) is 16.5 Å². The molecule has 74 valence electrons. The quantitative estimate of drug-likeness (QED) is 0.461. The monoisotopic (exact) mass is 201 g/mol. The van der Waals surface area contributed by atoms with Gasteiger partial charge in [-0.2, -0.15) is 0 Å². The summed E-state index contributed by atoms with van der Waals surface area (Å²) in [6.45, 7) is 6.93. The molecule has 1 N–H and O–H groups in total. The van der Waals surface area contributed by atoms with Crippen molar-refractivity contribution >= 4 is 16.6 Å². The van der Waals surface area contributed by atoms with Gasteiger partial charge < -0.3 is 9.83 Å². The Balaban J connectivity index is 2.76. The lowest BCUT2D eigenvalue weighted by Gasteiger charge is -1.94. The van der Waals surface area contributed by atoms with E-state index in [4.69, 9.17) is 6.57 Å². The smallest absolute Gasteiger partial charge is 0.279 e. The second kappa shape index (κ2) is 3.42. The molecule has 0 aliphatic carbocycles. The number of hydrogen-bond donors (Lipinski definition) is 1. The highest BCUT2D eigenvalue weighted by molar-refractivity contribution is 5.91. The van der Waals surface area contributed by atoms with Crippen molar-refractivity contribution < 1.29 is 4.92 Å². The van der Waals surface area contributed by atoms with Crippen LogP contribution in [0, 0.1) is 16.7 Å². The normalized spacial score (nSPS) is 10.1. The van der Waals surface area contributed by atoms with Gasteiger partial charge >= 0.3 is 0 Å². The first-order valence-electron chi connectivity index (χ1n) is 4.30. The van der Waals surface area contributed by atoms with Gasteiger partial charge in [-0.1, -0.05) is 6.07 Å². The van der Waals surface area contributed by atoms with E-state index in [1.807, 2.05) is 0 Å². The Morgan fingerprint density at radius 2 is 2.33 bits per heavy atom. The Morgan fingerprint density at radius 1 is 1.53 bits per heavy atom. The first-order chi connectivity index (χ1) is 7.24. The fourth-order valence-corrected chi connectivity index (χ4v) is 1.60. The molecule has 0 bridgehead atoms. The van der Waals surface area contributed by atoms with Crippen LogP contribution in [0.1, 0.15) is 5.56 Å². The largest absolute Gasteiger partial charge is 0.360 e. The summed E-state index contributed by atoms with van der Waals surface area (Å²) in [6.07, 6.45) is 1.65. The van der Waals surface area contributed by atoms with Crippen LogP contribution >= 0.6 is 0 Å². The van der Waals surface area contributed by atoms with Gasteiger partial charge in [-0.3, -0.25) is 10.1 Å². The van der Waals surface area contributed by atoms with Gasteiger partial charge in [0, 0.05) is 12.3 Å². The molecule has 0 atom stereocenters. The van der Waals surface area contributed by atoms with E-state index in [1.54, 1.807) is 18.3 Å². The van der Waals surface area contributed by atoms with Crippen LogP contribution < -0.4 is 0 Å². The summed E-state index contributed by atoms with van der Waals surface area (Å²) in [6, 6.07) is 4.83. The van der Waals surface area contributed by atoms with Crippen LogP contribution in [-0.2, 0) is 6.54 Å². The van der Waals surface area contributed by atoms with Crippen molar-refractivity contribution in [3.8, 4) is 0 Å². The van der Waals surface area contributed by atoms with Crippen LogP contribution in [0.2, 0.25) is 0 Å². The Hall–Kier alpha value is -2.35. The minimum atomic E-state index is -0.427. The standard InChI is InChI=1S/C10H7N3O2/c1-11-5-7-6-12-8-3-2-4-9(10(7)8)13(14)15/h2-4,6,12H,5H2. The number of nitrogens with zero attached hydrogens (tertiary/aromatic N) is 2. The highest BCUT2D eigenvalue weighted by Gasteiger charge is 2.17. The van der Waals surface area contributed by atoms with E-state index in [0.717, 1.165) is 0 Å². The molecule has 0 unspecified atom stereocenters. The lowest BCUT2D eigenvalue weighted by atomic mass is 10.1. The first kappa shape index (κ1) is 9.21. The summed E-state index contributed by atoms with van der Waals surface area (Å²) in [5.74, 6) is 0. The molecule has 15 heavy (non-hydrogen) atoms. The van der Waals surface area contributed by atoms with Crippen molar-refractivity contribution in [2.75, 3.05) is 0 Å². The van der Waals surface area contributed by atoms with Gasteiger partial charge in [0.05, 0.1) is 21.4 Å². The van der Waals surface area contributed by atoms with Crippen molar-refractivity contribution in [3.05, 3.63) is 51.5 Å². The number of aromatic amines is 1. The molecule has 0 saturated heterocycles. The van der Waals surface area contributed by atoms with Gasteiger partial charge in [-0.25, -0.2) is 6.57 Å². The summed E-state index contributed by atoms with van der Waals surface area (Å²) in [4.78, 5) is 16.5. The lowest BCUT2D eigenvalue weighted by Crippen LogP contribution is -1.89. The maximum absolute atomic E-state index is 10.8. The summed E-state index contributed by atoms with van der Waals surface area (Å²) in [7, 11) is 0. The molecular formula is C10H7N3O2. The second-order valence-electron chi connectivity index (χ2n) is 3.09. The zero-order chi connectivity index (χ0) is 10.8. The highest BCUT2D eigenvalue weighted by atomic mass is 16.6. The summed E-state index contributed by atoms with van der Waals surface area (Å²) < 4.78 is 0. The van der Waals surface area contributed by atoms with Crippen molar-refractivity contribution in [3.63, 3.8) is 0 Å². The van der Waals surface area contributed by atoms with Crippen LogP contribution in [0.5, 0.6) is 0 Å². The third-order valence-corrected chi connectivity index (χ3v) is 2.21. The lowest BCUT2D eigenvalue weighted by molar-refractivity contribution is -0.383. The highest BCUT2D eigenvalue weighted by Crippen LogP contribution is 2.28. The van der Waals surface area contributed by atoms with E-state index >= 15 is 0 Å². The molecule has 1 heterocycles. The SMILES string of the molecule is [C-]#[N+]Cc1c[nH]c2cccc([N+](=O)[O-])c12. The molecule has 0 amide bonds. The summed E-state index contributed by atoms with van der Waals surface area (Å²) in [5, 5.41) is 11.3. The Bertz CT molecular complexity index is 566. The molecular weight excluding hydrogens is 194 g/mol. The fourth-order valence-electron chi connectivity index (χ4n) is 1.60. The number of aromatic nitrogens is 1. The zero-order valence-electron chi connectivity index (χ0n) is 7.73. The molecule has 5 nitrogen and oxygen atoms in total. The Kier molecular flexibility index (Phi) is 2.10. The second-order valence-corrected chi connectivity index (χ2v) is 3.09. The Morgan fingerprint density at radius 3 is 3.00 bits per heavy atom. The third-order valence-electron chi connectivity index (χ3n) is 2.21. The van der Waals surface area contributed by atoms with Crippen LogP contribution in [0.15, 0.2) is 24.4 Å². The zero-order valence-corrected chi connectivity index (χ0v) is 7.73. The fraction of sp³-hybridized carbons (Fsp3) is 0.100. The average Bonchev–Trinajstić information content (AvgIpc) is 2.62. The van der Waals surface area contributed by atoms with Gasteiger partial charge in [0.15, 0.2) is 0 Å². The molecule has 0 fully saturated rings. The van der Waals surface area contributed by atoms with Crippen LogP contribution in [0.4, 0.5) is 5.69 Å². The molecule has 0 aliphatic heterocycles. The summed E-state index contributed by atoms with van der Waals surface area (Å²) in [5.41, 5.74) is 1.42. The van der Waals surface area contributed by atoms with Gasteiger partial charge in [0.1, 0.15) is 0 Å². The van der Waals surface area contributed by atoms with Gasteiger partial charge in [0.2, 0.25) is 6.54 Å². The maximum Gasteiger partial charge on any atom is 0.279 e. The van der Waals surface area contributed by atoms with E-state index in [9.17, 15) is 10.1 Å². The molecule has 0 aliphatic rings. The van der Waals surface area contributed by atoms with Gasteiger partial charge in [-0.05, 0) is 6.07 Å². The minimum Gasteiger partial charge on any atom is -0.360 e. The number of nitrogens with one attached hydrogen (secondary N) is 1. The van der Waals surface area contributed by atoms with E-state index in [1.165, 1.54) is 6.07 Å². The number of nitro benzene ring substituents is 1. The van der Waals surface area contributed by atoms with Crippen molar-refractivity contribution in [2.24, 2.45) is 0 Å². The number of fused-ring (bicyclic) bond motifs is 1. The topological polar surface area (TPSA) is 63.3 Å². The number of non-ortho nitro benzene ring substituents is 1. The van der Waals surface area contributed by atoms with Crippen molar-refractivity contribution in [1.29, 1.82) is 0 Å². The molecule has 2 rings (SSSR count). The predicted octanol–water partition coefficient (Wildman–Crippen LogP) is 2.50. The molecule has 0 saturated carbocycles. The van der Waals surface area contributed by atoms with Crippen LogP contribution in [0.3, 0.4) is 0 Å². The molecule has 0 radical (unpaired) electrons. The van der Waals surface area contributed by atoms with E-state index in [2.05, 4.69) is 9.83 Å². The molecule has 1 aromatic carbocycles. The van der Waals surface area contributed by atoms with Gasteiger partial charge in [0.25, 0.3) is 5.69 Å². The average molecular weight is 201 g/mol. The van der Waals surface area contributed by atoms with Gasteiger partial charge in [-0.15, -0.1) is 0 Å². The Labute approximate surface area is 85.3 Å². The maximum atomic E-state index is 10.8. The molecule has 1 aromatic heterocycles. The van der Waals surface area contributed by atoms with Crippen molar-refractivity contribution in [2.45, 2.75) is 6.54 Å². The van der Waals surface area contributed by atoms with Crippen LogP contribution in [-0.4, -0.2) is 9.91 Å². The van der Waals surface area contributed by atoms with Crippen molar-refractivity contribution in [1.82, 2.24) is 4.98 Å². The molecule has 2 aromatic rings. The number of H-pyrrole nitrogens is 1. The predicted molar refractivity (Wildman–Crippen MR) is 55.3 cm³/mol. The van der Waals surface area contributed by atoms with Crippen LogP contribution in [0.25, 0.3) is 15.7 Å². The molecule has 5 heteroatoms.